The summed E-state index contributed by atoms with van der Waals surface area (Å²) < 4.78 is 10.7. The lowest BCUT2D eigenvalue weighted by Gasteiger charge is -2.17. The fourth-order valence-corrected chi connectivity index (χ4v) is 2.27. The third kappa shape index (κ3) is 4.40. The summed E-state index contributed by atoms with van der Waals surface area (Å²) in [6.45, 7) is 1.83. The number of methoxy groups -OCH3 is 1. The van der Waals surface area contributed by atoms with Gasteiger partial charge in [0.15, 0.2) is 6.61 Å². The van der Waals surface area contributed by atoms with Gasteiger partial charge in [-0.25, -0.2) is 0 Å². The molecule has 2 rings (SSSR count). The summed E-state index contributed by atoms with van der Waals surface area (Å²) in [5.74, 6) is 1.09. The van der Waals surface area contributed by atoms with Crippen molar-refractivity contribution >= 4 is 17.5 Å². The molecule has 0 aliphatic carbocycles. The van der Waals surface area contributed by atoms with E-state index in [-0.39, 0.29) is 18.6 Å². The summed E-state index contributed by atoms with van der Waals surface area (Å²) in [5.41, 5.74) is 0.918. The van der Waals surface area contributed by atoms with Crippen LogP contribution in [0, 0.1) is 0 Å². The van der Waals surface area contributed by atoms with Gasteiger partial charge in [0.2, 0.25) is 0 Å². The summed E-state index contributed by atoms with van der Waals surface area (Å²) >= 11 is 5.86. The van der Waals surface area contributed by atoms with Crippen LogP contribution in [0.15, 0.2) is 48.5 Å². The molecule has 4 nitrogen and oxygen atoms in total. The second-order valence-corrected chi connectivity index (χ2v) is 5.21. The largest absolute Gasteiger partial charge is 0.496 e. The lowest BCUT2D eigenvalue weighted by Crippen LogP contribution is -2.31. The molecular weight excluding hydrogens is 302 g/mol. The van der Waals surface area contributed by atoms with Crippen molar-refractivity contribution in [1.82, 2.24) is 5.32 Å². The van der Waals surface area contributed by atoms with Crippen molar-refractivity contribution < 1.29 is 14.3 Å². The highest BCUT2D eigenvalue weighted by atomic mass is 35.5. The first-order valence-corrected chi connectivity index (χ1v) is 7.28. The number of carbonyl (C=O) groups is 1. The van der Waals surface area contributed by atoms with Gasteiger partial charge < -0.3 is 14.8 Å². The fourth-order valence-electron chi connectivity index (χ4n) is 2.09. The van der Waals surface area contributed by atoms with Crippen LogP contribution in [-0.4, -0.2) is 19.6 Å². The van der Waals surface area contributed by atoms with Crippen LogP contribution < -0.4 is 14.8 Å². The van der Waals surface area contributed by atoms with Gasteiger partial charge in [-0.05, 0) is 31.2 Å². The van der Waals surface area contributed by atoms with E-state index in [4.69, 9.17) is 21.1 Å². The van der Waals surface area contributed by atoms with Crippen LogP contribution in [0.5, 0.6) is 11.5 Å². The zero-order valence-electron chi connectivity index (χ0n) is 12.5. The second kappa shape index (κ2) is 7.71. The minimum absolute atomic E-state index is 0.0696. The van der Waals surface area contributed by atoms with Crippen LogP contribution in [0.2, 0.25) is 5.02 Å². The van der Waals surface area contributed by atoms with E-state index in [1.54, 1.807) is 31.4 Å². The van der Waals surface area contributed by atoms with Crippen molar-refractivity contribution in [1.29, 1.82) is 0 Å². The van der Waals surface area contributed by atoms with Crippen LogP contribution in [0.1, 0.15) is 18.5 Å². The van der Waals surface area contributed by atoms with E-state index in [2.05, 4.69) is 5.32 Å². The molecule has 0 saturated carbocycles. The third-order valence-corrected chi connectivity index (χ3v) is 3.38. The number of rotatable bonds is 6. The van der Waals surface area contributed by atoms with E-state index in [9.17, 15) is 4.79 Å². The number of para-hydroxylation sites is 1. The van der Waals surface area contributed by atoms with Crippen molar-refractivity contribution in [3.63, 3.8) is 0 Å². The number of hydrogen-bond acceptors (Lipinski definition) is 3. The highest BCUT2D eigenvalue weighted by molar-refractivity contribution is 6.30. The highest BCUT2D eigenvalue weighted by Crippen LogP contribution is 2.24. The normalized spacial score (nSPS) is 11.6. The number of amides is 1. The number of nitrogens with one attached hydrogen (secondary N) is 1. The topological polar surface area (TPSA) is 47.6 Å². The van der Waals surface area contributed by atoms with Crippen molar-refractivity contribution in [2.45, 2.75) is 13.0 Å². The van der Waals surface area contributed by atoms with Gasteiger partial charge >= 0.3 is 0 Å². The molecule has 22 heavy (non-hydrogen) atoms. The van der Waals surface area contributed by atoms with Gasteiger partial charge in [-0.15, -0.1) is 0 Å². The Morgan fingerprint density at radius 1 is 1.23 bits per heavy atom. The van der Waals surface area contributed by atoms with Gasteiger partial charge in [0.05, 0.1) is 13.2 Å². The van der Waals surface area contributed by atoms with Crippen LogP contribution in [0.3, 0.4) is 0 Å². The molecule has 116 valence electrons. The second-order valence-electron chi connectivity index (χ2n) is 4.78. The maximum Gasteiger partial charge on any atom is 0.258 e. The first kappa shape index (κ1) is 16.2. The van der Waals surface area contributed by atoms with Crippen LogP contribution in [0.4, 0.5) is 0 Å². The van der Waals surface area contributed by atoms with Crippen LogP contribution >= 0.6 is 11.6 Å². The standard InChI is InChI=1S/C17H18ClNO3/c1-12(15-8-3-4-9-16(15)21-2)19-17(20)11-22-14-7-5-6-13(18)10-14/h3-10,12H,11H2,1-2H3,(H,19,20)/t12-/m1/s1. The number of ether oxygens (including phenoxy) is 2. The predicted octanol–water partition coefficient (Wildman–Crippen LogP) is 3.60. The van der Waals surface area contributed by atoms with Gasteiger partial charge in [0, 0.05) is 10.6 Å². The third-order valence-electron chi connectivity index (χ3n) is 3.15. The molecule has 0 aliphatic heterocycles. The lowest BCUT2D eigenvalue weighted by molar-refractivity contribution is -0.123. The minimum Gasteiger partial charge on any atom is -0.496 e. The Balaban J connectivity index is 1.91. The molecule has 0 aliphatic rings. The van der Waals surface area contributed by atoms with Crippen molar-refractivity contribution in [3.8, 4) is 11.5 Å². The number of benzene rings is 2. The molecule has 0 unspecified atom stereocenters. The Labute approximate surface area is 135 Å². The molecular formula is C17H18ClNO3. The molecule has 0 saturated heterocycles. The molecule has 0 bridgehead atoms. The van der Waals surface area contributed by atoms with E-state index < -0.39 is 0 Å². The van der Waals surface area contributed by atoms with Gasteiger partial charge in [0.1, 0.15) is 11.5 Å². The smallest absolute Gasteiger partial charge is 0.258 e. The van der Waals surface area contributed by atoms with E-state index in [0.717, 1.165) is 11.3 Å². The molecule has 2 aromatic carbocycles. The number of hydrogen-bond donors (Lipinski definition) is 1. The zero-order valence-corrected chi connectivity index (χ0v) is 13.3. The molecule has 0 aromatic heterocycles. The number of halogens is 1. The van der Waals surface area contributed by atoms with Gasteiger partial charge in [-0.1, -0.05) is 35.9 Å². The summed E-state index contributed by atoms with van der Waals surface area (Å²) in [6.07, 6.45) is 0. The van der Waals surface area contributed by atoms with Gasteiger partial charge in [-0.2, -0.15) is 0 Å². The Hall–Kier alpha value is -2.20. The van der Waals surface area contributed by atoms with E-state index >= 15 is 0 Å². The first-order valence-electron chi connectivity index (χ1n) is 6.91. The van der Waals surface area contributed by atoms with Crippen molar-refractivity contribution in [2.75, 3.05) is 13.7 Å². The summed E-state index contributed by atoms with van der Waals surface area (Å²) in [4.78, 5) is 12.0. The maximum absolute atomic E-state index is 12.0. The summed E-state index contributed by atoms with van der Waals surface area (Å²) in [5, 5.41) is 3.45. The maximum atomic E-state index is 12.0. The average molecular weight is 320 g/mol. The fraction of sp³-hybridized carbons (Fsp3) is 0.235. The van der Waals surface area contributed by atoms with Crippen LogP contribution in [-0.2, 0) is 4.79 Å². The van der Waals surface area contributed by atoms with E-state index in [0.29, 0.717) is 10.8 Å². The van der Waals surface area contributed by atoms with Gasteiger partial charge in [0.25, 0.3) is 5.91 Å². The molecule has 0 spiro atoms. The molecule has 1 amide bonds. The average Bonchev–Trinajstić information content (AvgIpc) is 2.53. The molecule has 1 atom stereocenters. The van der Waals surface area contributed by atoms with E-state index in [1.165, 1.54) is 0 Å². The number of carbonyl (C=O) groups excluding carboxylic acids is 1. The molecule has 1 N–H and O–H groups in total. The lowest BCUT2D eigenvalue weighted by atomic mass is 10.1. The molecule has 5 heteroatoms. The summed E-state index contributed by atoms with van der Waals surface area (Å²) in [6, 6.07) is 14.3. The highest BCUT2D eigenvalue weighted by Gasteiger charge is 2.13. The van der Waals surface area contributed by atoms with Crippen molar-refractivity contribution in [3.05, 3.63) is 59.1 Å². The molecule has 0 radical (unpaired) electrons. The Morgan fingerprint density at radius 2 is 2.00 bits per heavy atom. The van der Waals surface area contributed by atoms with Gasteiger partial charge in [-0.3, -0.25) is 4.79 Å². The van der Waals surface area contributed by atoms with Crippen molar-refractivity contribution in [2.24, 2.45) is 0 Å². The Bertz CT molecular complexity index is 645. The van der Waals surface area contributed by atoms with Crippen LogP contribution in [0.25, 0.3) is 0 Å². The quantitative estimate of drug-likeness (QED) is 0.885. The molecule has 0 fully saturated rings. The Kier molecular flexibility index (Phi) is 5.67. The monoisotopic (exact) mass is 319 g/mol. The Morgan fingerprint density at radius 3 is 2.73 bits per heavy atom. The zero-order chi connectivity index (χ0) is 15.9. The molecule has 0 heterocycles. The SMILES string of the molecule is COc1ccccc1[C@@H](C)NC(=O)COc1cccc(Cl)c1. The minimum atomic E-state index is -0.210. The van der Waals surface area contributed by atoms with E-state index in [1.807, 2.05) is 31.2 Å². The summed E-state index contributed by atoms with van der Waals surface area (Å²) in [7, 11) is 1.61. The molecule has 2 aromatic rings. The predicted molar refractivity (Wildman–Crippen MR) is 86.5 cm³/mol. The first-order chi connectivity index (χ1) is 10.6.